The first-order valence-electron chi connectivity index (χ1n) is 7.42. The summed E-state index contributed by atoms with van der Waals surface area (Å²) in [6.45, 7) is 3.68. The molecule has 1 N–H and O–H groups in total. The van der Waals surface area contributed by atoms with Crippen molar-refractivity contribution in [3.8, 4) is 0 Å². The summed E-state index contributed by atoms with van der Waals surface area (Å²) in [7, 11) is 0. The number of hydrogen-bond acceptors (Lipinski definition) is 3. The Morgan fingerprint density at radius 1 is 1.38 bits per heavy atom. The molecule has 2 rings (SSSR count). The van der Waals surface area contributed by atoms with Gasteiger partial charge in [0.15, 0.2) is 0 Å². The standard InChI is InChI=1S/C16H22ClNO3/c1-2-21-15-11-20-10-14(15)18-16(19)5-3-4-12-6-8-13(17)9-7-12/h6-9,14-15H,2-5,10-11H2,1H3,(H,18,19)/t14-,15-/m1/s1. The average Bonchev–Trinajstić information content (AvgIpc) is 2.89. The first-order chi connectivity index (χ1) is 10.2. The topological polar surface area (TPSA) is 47.6 Å². The first-order valence-corrected chi connectivity index (χ1v) is 7.80. The van der Waals surface area contributed by atoms with Crippen LogP contribution in [-0.2, 0) is 20.7 Å². The molecule has 1 saturated heterocycles. The van der Waals surface area contributed by atoms with Crippen molar-refractivity contribution in [1.29, 1.82) is 0 Å². The maximum absolute atomic E-state index is 11.9. The summed E-state index contributed by atoms with van der Waals surface area (Å²) in [4.78, 5) is 11.9. The lowest BCUT2D eigenvalue weighted by molar-refractivity contribution is -0.122. The molecular formula is C16H22ClNO3. The molecule has 0 radical (unpaired) electrons. The highest BCUT2D eigenvalue weighted by Crippen LogP contribution is 2.13. The Balaban J connectivity index is 1.68. The fraction of sp³-hybridized carbons (Fsp3) is 0.562. The molecule has 116 valence electrons. The van der Waals surface area contributed by atoms with Gasteiger partial charge in [-0.3, -0.25) is 4.79 Å². The summed E-state index contributed by atoms with van der Waals surface area (Å²) < 4.78 is 10.9. The Kier molecular flexibility index (Phi) is 6.49. The molecular weight excluding hydrogens is 290 g/mol. The average molecular weight is 312 g/mol. The molecule has 1 fully saturated rings. The summed E-state index contributed by atoms with van der Waals surface area (Å²) in [5, 5.41) is 3.73. The van der Waals surface area contributed by atoms with Gasteiger partial charge in [0.25, 0.3) is 0 Å². The Morgan fingerprint density at radius 2 is 2.14 bits per heavy atom. The number of ether oxygens (including phenoxy) is 2. The first kappa shape index (κ1) is 16.3. The summed E-state index contributed by atoms with van der Waals surface area (Å²) in [6, 6.07) is 7.72. The molecule has 2 atom stereocenters. The second kappa shape index (κ2) is 8.37. The van der Waals surface area contributed by atoms with Crippen molar-refractivity contribution in [1.82, 2.24) is 5.32 Å². The third-order valence-corrected chi connectivity index (χ3v) is 3.79. The second-order valence-electron chi connectivity index (χ2n) is 5.19. The number of amides is 1. The van der Waals surface area contributed by atoms with Gasteiger partial charge in [0, 0.05) is 18.1 Å². The molecule has 4 nitrogen and oxygen atoms in total. The quantitative estimate of drug-likeness (QED) is 0.842. The summed E-state index contributed by atoms with van der Waals surface area (Å²) >= 11 is 5.84. The number of halogens is 1. The van der Waals surface area contributed by atoms with Gasteiger partial charge >= 0.3 is 0 Å². The number of nitrogens with one attached hydrogen (secondary N) is 1. The molecule has 1 aliphatic heterocycles. The molecule has 0 aliphatic carbocycles. The van der Waals surface area contributed by atoms with Crippen LogP contribution in [0.3, 0.4) is 0 Å². The number of benzene rings is 1. The van der Waals surface area contributed by atoms with Gasteiger partial charge in [-0.05, 0) is 37.5 Å². The molecule has 21 heavy (non-hydrogen) atoms. The molecule has 1 heterocycles. The van der Waals surface area contributed by atoms with Crippen LogP contribution in [0.25, 0.3) is 0 Å². The van der Waals surface area contributed by atoms with Crippen molar-refractivity contribution < 1.29 is 14.3 Å². The van der Waals surface area contributed by atoms with Crippen molar-refractivity contribution >= 4 is 17.5 Å². The Labute approximate surface area is 130 Å². The lowest BCUT2D eigenvalue weighted by atomic mass is 10.1. The zero-order valence-corrected chi connectivity index (χ0v) is 13.1. The van der Waals surface area contributed by atoms with Crippen LogP contribution in [-0.4, -0.2) is 37.9 Å². The molecule has 1 aliphatic rings. The van der Waals surface area contributed by atoms with Crippen LogP contribution in [0.2, 0.25) is 5.02 Å². The Bertz CT molecular complexity index is 449. The van der Waals surface area contributed by atoms with Crippen molar-refractivity contribution in [3.63, 3.8) is 0 Å². The van der Waals surface area contributed by atoms with E-state index in [-0.39, 0.29) is 18.1 Å². The van der Waals surface area contributed by atoms with Crippen LogP contribution in [0.4, 0.5) is 0 Å². The minimum Gasteiger partial charge on any atom is -0.376 e. The molecule has 0 saturated carbocycles. The number of aryl methyl sites for hydroxylation is 1. The van der Waals surface area contributed by atoms with E-state index >= 15 is 0 Å². The highest BCUT2D eigenvalue weighted by molar-refractivity contribution is 6.30. The maximum atomic E-state index is 11.9. The highest BCUT2D eigenvalue weighted by atomic mass is 35.5. The lowest BCUT2D eigenvalue weighted by Crippen LogP contribution is -2.43. The number of carbonyl (C=O) groups excluding carboxylic acids is 1. The van der Waals surface area contributed by atoms with E-state index in [4.69, 9.17) is 21.1 Å². The van der Waals surface area contributed by atoms with E-state index < -0.39 is 0 Å². The van der Waals surface area contributed by atoms with E-state index in [1.54, 1.807) is 0 Å². The molecule has 0 aromatic heterocycles. The van der Waals surface area contributed by atoms with E-state index in [9.17, 15) is 4.79 Å². The van der Waals surface area contributed by atoms with E-state index in [1.165, 1.54) is 5.56 Å². The number of rotatable bonds is 7. The molecule has 1 aromatic carbocycles. The minimum atomic E-state index is -0.0204. The van der Waals surface area contributed by atoms with Crippen LogP contribution >= 0.6 is 11.6 Å². The molecule has 1 amide bonds. The fourth-order valence-corrected chi connectivity index (χ4v) is 2.56. The van der Waals surface area contributed by atoms with E-state index in [0.717, 1.165) is 17.9 Å². The molecule has 0 spiro atoms. The third-order valence-electron chi connectivity index (χ3n) is 3.54. The van der Waals surface area contributed by atoms with Crippen LogP contribution in [0, 0.1) is 0 Å². The predicted molar refractivity (Wildman–Crippen MR) is 82.6 cm³/mol. The number of carbonyl (C=O) groups is 1. The number of hydrogen-bond donors (Lipinski definition) is 1. The van der Waals surface area contributed by atoms with Gasteiger partial charge in [0.1, 0.15) is 6.10 Å². The monoisotopic (exact) mass is 311 g/mol. The van der Waals surface area contributed by atoms with Gasteiger partial charge in [-0.2, -0.15) is 0 Å². The van der Waals surface area contributed by atoms with Crippen molar-refractivity contribution in [2.24, 2.45) is 0 Å². The Hall–Kier alpha value is -1.10. The minimum absolute atomic E-state index is 0.0183. The van der Waals surface area contributed by atoms with Crippen LogP contribution in [0.5, 0.6) is 0 Å². The molecule has 5 heteroatoms. The van der Waals surface area contributed by atoms with Crippen molar-refractivity contribution in [3.05, 3.63) is 34.9 Å². The van der Waals surface area contributed by atoms with Gasteiger partial charge in [-0.15, -0.1) is 0 Å². The summed E-state index contributed by atoms with van der Waals surface area (Å²) in [5.41, 5.74) is 1.20. The smallest absolute Gasteiger partial charge is 0.220 e. The van der Waals surface area contributed by atoms with E-state index in [0.29, 0.717) is 26.2 Å². The largest absolute Gasteiger partial charge is 0.376 e. The highest BCUT2D eigenvalue weighted by Gasteiger charge is 2.29. The molecule has 1 aromatic rings. The SMILES string of the molecule is CCO[C@@H]1COC[C@H]1NC(=O)CCCc1ccc(Cl)cc1. The van der Waals surface area contributed by atoms with Crippen LogP contribution in [0.15, 0.2) is 24.3 Å². The van der Waals surface area contributed by atoms with Crippen LogP contribution in [0.1, 0.15) is 25.3 Å². The zero-order chi connectivity index (χ0) is 15.1. The van der Waals surface area contributed by atoms with Gasteiger partial charge in [0.2, 0.25) is 5.91 Å². The van der Waals surface area contributed by atoms with Crippen molar-refractivity contribution in [2.45, 2.75) is 38.3 Å². The predicted octanol–water partition coefficient (Wildman–Crippen LogP) is 2.58. The fourth-order valence-electron chi connectivity index (χ4n) is 2.43. The second-order valence-corrected chi connectivity index (χ2v) is 5.62. The normalized spacial score (nSPS) is 21.4. The van der Waals surface area contributed by atoms with Gasteiger partial charge in [-0.25, -0.2) is 0 Å². The lowest BCUT2D eigenvalue weighted by Gasteiger charge is -2.18. The van der Waals surface area contributed by atoms with E-state index in [2.05, 4.69) is 5.32 Å². The van der Waals surface area contributed by atoms with Crippen molar-refractivity contribution in [2.75, 3.05) is 19.8 Å². The third kappa shape index (κ3) is 5.30. The molecule has 0 unspecified atom stereocenters. The van der Waals surface area contributed by atoms with Gasteiger partial charge in [0.05, 0.1) is 19.3 Å². The summed E-state index contributed by atoms with van der Waals surface area (Å²) in [5.74, 6) is 0.0594. The zero-order valence-electron chi connectivity index (χ0n) is 12.3. The Morgan fingerprint density at radius 3 is 2.86 bits per heavy atom. The van der Waals surface area contributed by atoms with Gasteiger partial charge < -0.3 is 14.8 Å². The summed E-state index contributed by atoms with van der Waals surface area (Å²) in [6.07, 6.45) is 2.19. The molecule has 0 bridgehead atoms. The van der Waals surface area contributed by atoms with E-state index in [1.807, 2.05) is 31.2 Å². The maximum Gasteiger partial charge on any atom is 0.220 e. The van der Waals surface area contributed by atoms with Crippen LogP contribution < -0.4 is 5.32 Å². The van der Waals surface area contributed by atoms with Gasteiger partial charge in [-0.1, -0.05) is 23.7 Å².